The minimum Gasteiger partial charge on any atom is -0.465 e. The number of thiophene rings is 1. The highest BCUT2D eigenvalue weighted by atomic mass is 32.1. The van der Waals surface area contributed by atoms with Gasteiger partial charge in [0.2, 0.25) is 0 Å². The second kappa shape index (κ2) is 10.7. The van der Waals surface area contributed by atoms with E-state index in [-0.39, 0.29) is 12.0 Å². The third kappa shape index (κ3) is 5.40. The number of para-hydroxylation sites is 1. The molecule has 0 radical (unpaired) electrons. The summed E-state index contributed by atoms with van der Waals surface area (Å²) in [4.78, 5) is 30.8. The lowest BCUT2D eigenvalue weighted by atomic mass is 10.1. The Morgan fingerprint density at radius 2 is 1.97 bits per heavy atom. The molecule has 8 heteroatoms. The number of anilines is 2. The Labute approximate surface area is 203 Å². The minimum atomic E-state index is -0.952. The normalized spacial score (nSPS) is 14.5. The van der Waals surface area contributed by atoms with Gasteiger partial charge in [-0.15, -0.1) is 11.3 Å². The molecular formula is C26H29N3O4S. The lowest BCUT2D eigenvalue weighted by molar-refractivity contribution is 0.0310. The molecule has 1 aromatic heterocycles. The molecule has 2 heterocycles. The summed E-state index contributed by atoms with van der Waals surface area (Å²) in [6.45, 7) is 2.08. The van der Waals surface area contributed by atoms with Gasteiger partial charge in [0.05, 0.1) is 18.3 Å². The Bertz CT molecular complexity index is 1130. The van der Waals surface area contributed by atoms with Gasteiger partial charge in [-0.2, -0.15) is 0 Å². The maximum Gasteiger partial charge on any atom is 0.407 e. The van der Waals surface area contributed by atoms with Crippen LogP contribution in [0.25, 0.3) is 0 Å². The number of likely N-dealkylation sites (N-methyl/N-ethyl adjacent to an activating group) is 1. The van der Waals surface area contributed by atoms with Crippen LogP contribution in [0.3, 0.4) is 0 Å². The fraction of sp³-hybridized carbons (Fsp3) is 0.308. The van der Waals surface area contributed by atoms with Crippen LogP contribution in [-0.4, -0.2) is 55.7 Å². The molecular weight excluding hydrogens is 450 g/mol. The standard InChI is InChI=1S/C26H29N3O4S/c1-27-14-15-29(25(30)21-9-3-4-10-22(21)27)20-8-5-7-19(17-20)18-33-23(24-11-6-16-34-24)12-13-28(2)26(31)32/h3-11,16-17,23H,12-15,18H2,1-2H3,(H,31,32). The molecule has 1 unspecified atom stereocenters. The van der Waals surface area contributed by atoms with Gasteiger partial charge in [-0.05, 0) is 47.7 Å². The van der Waals surface area contributed by atoms with Gasteiger partial charge in [-0.25, -0.2) is 4.79 Å². The highest BCUT2D eigenvalue weighted by Crippen LogP contribution is 2.30. The number of carbonyl (C=O) groups excluding carboxylic acids is 1. The fourth-order valence-electron chi connectivity index (χ4n) is 4.05. The lowest BCUT2D eigenvalue weighted by Gasteiger charge is -2.23. The summed E-state index contributed by atoms with van der Waals surface area (Å²) in [5, 5.41) is 11.2. The van der Waals surface area contributed by atoms with Crippen molar-refractivity contribution in [1.29, 1.82) is 0 Å². The zero-order valence-corrected chi connectivity index (χ0v) is 20.2. The number of carboxylic acid groups (broad SMARTS) is 1. The van der Waals surface area contributed by atoms with Crippen LogP contribution >= 0.6 is 11.3 Å². The first-order valence-electron chi connectivity index (χ1n) is 11.2. The Morgan fingerprint density at radius 1 is 1.15 bits per heavy atom. The first kappa shape index (κ1) is 23.8. The molecule has 0 bridgehead atoms. The molecule has 2 amide bonds. The minimum absolute atomic E-state index is 0.00816. The third-order valence-corrected chi connectivity index (χ3v) is 7.00. The molecule has 0 aliphatic carbocycles. The number of hydrogen-bond acceptors (Lipinski definition) is 5. The summed E-state index contributed by atoms with van der Waals surface area (Å²) < 4.78 is 6.25. The fourth-order valence-corrected chi connectivity index (χ4v) is 4.86. The van der Waals surface area contributed by atoms with Crippen molar-refractivity contribution in [2.45, 2.75) is 19.1 Å². The van der Waals surface area contributed by atoms with Gasteiger partial charge in [-0.3, -0.25) is 4.79 Å². The molecule has 2 aromatic carbocycles. The van der Waals surface area contributed by atoms with E-state index in [0.29, 0.717) is 31.7 Å². The first-order chi connectivity index (χ1) is 16.4. The SMILES string of the molecule is CN(CCC(OCc1cccc(N2CCN(C)c3ccccc3C2=O)c1)c1cccs1)C(=O)O. The number of fused-ring (bicyclic) bond motifs is 1. The van der Waals surface area contributed by atoms with Crippen LogP contribution in [0.5, 0.6) is 0 Å². The third-order valence-electron chi connectivity index (χ3n) is 6.04. The van der Waals surface area contributed by atoms with Crippen molar-refractivity contribution in [2.24, 2.45) is 0 Å². The molecule has 178 valence electrons. The smallest absolute Gasteiger partial charge is 0.407 e. The summed E-state index contributed by atoms with van der Waals surface area (Å²) in [5.41, 5.74) is 3.45. The molecule has 1 aliphatic heterocycles. The van der Waals surface area contributed by atoms with Crippen LogP contribution < -0.4 is 9.80 Å². The van der Waals surface area contributed by atoms with E-state index >= 15 is 0 Å². The number of hydrogen-bond donors (Lipinski definition) is 1. The molecule has 0 fully saturated rings. The van der Waals surface area contributed by atoms with Crippen molar-refractivity contribution in [3.05, 3.63) is 82.0 Å². The Morgan fingerprint density at radius 3 is 2.74 bits per heavy atom. The molecule has 7 nitrogen and oxygen atoms in total. The van der Waals surface area contributed by atoms with Crippen LogP contribution in [-0.2, 0) is 11.3 Å². The zero-order chi connectivity index (χ0) is 24.1. The Balaban J connectivity index is 1.49. The summed E-state index contributed by atoms with van der Waals surface area (Å²) in [6, 6.07) is 19.6. The van der Waals surface area contributed by atoms with E-state index in [0.717, 1.165) is 28.4 Å². The predicted molar refractivity (Wildman–Crippen MR) is 135 cm³/mol. The average Bonchev–Trinajstić information content (AvgIpc) is 3.35. The van der Waals surface area contributed by atoms with Gasteiger partial charge in [0.25, 0.3) is 5.91 Å². The first-order valence-corrected chi connectivity index (χ1v) is 12.1. The van der Waals surface area contributed by atoms with E-state index in [9.17, 15) is 9.59 Å². The molecule has 1 aliphatic rings. The van der Waals surface area contributed by atoms with Gasteiger partial charge >= 0.3 is 6.09 Å². The summed E-state index contributed by atoms with van der Waals surface area (Å²) in [6.07, 6.45) is -0.589. The van der Waals surface area contributed by atoms with E-state index in [1.54, 1.807) is 18.4 Å². The summed E-state index contributed by atoms with van der Waals surface area (Å²) >= 11 is 1.60. The van der Waals surface area contributed by atoms with E-state index in [1.165, 1.54) is 4.90 Å². The quantitative estimate of drug-likeness (QED) is 0.487. The van der Waals surface area contributed by atoms with E-state index < -0.39 is 6.09 Å². The van der Waals surface area contributed by atoms with E-state index in [1.807, 2.05) is 78.0 Å². The summed E-state index contributed by atoms with van der Waals surface area (Å²) in [5.74, 6) is -0.00816. The van der Waals surface area contributed by atoms with Crippen LogP contribution in [0.1, 0.15) is 33.3 Å². The molecule has 4 rings (SSSR count). The number of nitrogens with zero attached hydrogens (tertiary/aromatic N) is 3. The average molecular weight is 480 g/mol. The van der Waals surface area contributed by atoms with Gasteiger partial charge in [0.15, 0.2) is 0 Å². The molecule has 1 atom stereocenters. The number of ether oxygens (including phenoxy) is 1. The van der Waals surface area contributed by atoms with Crippen molar-refractivity contribution >= 4 is 34.7 Å². The van der Waals surface area contributed by atoms with Crippen molar-refractivity contribution < 1.29 is 19.4 Å². The molecule has 0 spiro atoms. The molecule has 3 aromatic rings. The monoisotopic (exact) mass is 479 g/mol. The summed E-state index contributed by atoms with van der Waals surface area (Å²) in [7, 11) is 3.57. The Hall–Kier alpha value is -3.36. The largest absolute Gasteiger partial charge is 0.465 e. The maximum atomic E-state index is 13.3. The van der Waals surface area contributed by atoms with E-state index in [4.69, 9.17) is 9.84 Å². The van der Waals surface area contributed by atoms with Crippen molar-refractivity contribution in [1.82, 2.24) is 4.90 Å². The molecule has 1 N–H and O–H groups in total. The highest BCUT2D eigenvalue weighted by Gasteiger charge is 2.26. The van der Waals surface area contributed by atoms with Crippen LogP contribution in [0, 0.1) is 0 Å². The van der Waals surface area contributed by atoms with Gasteiger partial charge in [0.1, 0.15) is 0 Å². The van der Waals surface area contributed by atoms with Crippen molar-refractivity contribution in [2.75, 3.05) is 43.5 Å². The van der Waals surface area contributed by atoms with Crippen LogP contribution in [0.15, 0.2) is 66.0 Å². The second-order valence-corrected chi connectivity index (χ2v) is 9.35. The predicted octanol–water partition coefficient (Wildman–Crippen LogP) is 5.10. The van der Waals surface area contributed by atoms with Gasteiger partial charge in [0, 0.05) is 50.0 Å². The maximum absolute atomic E-state index is 13.3. The van der Waals surface area contributed by atoms with E-state index in [2.05, 4.69) is 4.90 Å². The number of carbonyl (C=O) groups is 2. The second-order valence-electron chi connectivity index (χ2n) is 8.37. The number of amides is 2. The zero-order valence-electron chi connectivity index (χ0n) is 19.4. The lowest BCUT2D eigenvalue weighted by Crippen LogP contribution is -2.33. The number of benzene rings is 2. The molecule has 0 saturated heterocycles. The highest BCUT2D eigenvalue weighted by molar-refractivity contribution is 7.10. The van der Waals surface area contributed by atoms with Crippen LogP contribution in [0.4, 0.5) is 16.2 Å². The molecule has 34 heavy (non-hydrogen) atoms. The van der Waals surface area contributed by atoms with Gasteiger partial charge < -0.3 is 24.5 Å². The van der Waals surface area contributed by atoms with Crippen molar-refractivity contribution in [3.63, 3.8) is 0 Å². The van der Waals surface area contributed by atoms with Crippen molar-refractivity contribution in [3.8, 4) is 0 Å². The van der Waals surface area contributed by atoms with Gasteiger partial charge in [-0.1, -0.05) is 30.3 Å². The Kier molecular flexibility index (Phi) is 7.49. The molecule has 0 saturated carbocycles. The topological polar surface area (TPSA) is 73.3 Å². The number of rotatable bonds is 8. The van der Waals surface area contributed by atoms with Crippen LogP contribution in [0.2, 0.25) is 0 Å².